The van der Waals surface area contributed by atoms with Gasteiger partial charge in [0.25, 0.3) is 0 Å². The van der Waals surface area contributed by atoms with Gasteiger partial charge in [-0.05, 0) is 52.4 Å². The molecule has 3 rings (SSSR count). The fourth-order valence-corrected chi connectivity index (χ4v) is 5.57. The van der Waals surface area contributed by atoms with Crippen LogP contribution >= 0.6 is 0 Å². The van der Waals surface area contributed by atoms with E-state index in [0.29, 0.717) is 13.1 Å². The molecule has 2 unspecified atom stereocenters. The highest BCUT2D eigenvalue weighted by molar-refractivity contribution is 7.86. The first-order chi connectivity index (χ1) is 12.4. The van der Waals surface area contributed by atoms with Gasteiger partial charge in [-0.3, -0.25) is 4.79 Å². The van der Waals surface area contributed by atoms with Gasteiger partial charge in [-0.25, -0.2) is 4.79 Å². The molecule has 2 bridgehead atoms. The van der Waals surface area contributed by atoms with Crippen LogP contribution in [0.25, 0.3) is 0 Å². The van der Waals surface area contributed by atoms with Crippen molar-refractivity contribution in [3.8, 4) is 0 Å². The Morgan fingerprint density at radius 1 is 1.19 bits per heavy atom. The van der Waals surface area contributed by atoms with Crippen LogP contribution in [0.15, 0.2) is 0 Å². The number of hydrogen-bond donors (Lipinski definition) is 0. The molecule has 7 nitrogen and oxygen atoms in total. The van der Waals surface area contributed by atoms with E-state index in [1.807, 2.05) is 25.7 Å². The topological polar surface area (TPSA) is 84.0 Å². The van der Waals surface area contributed by atoms with Gasteiger partial charge in [0, 0.05) is 37.5 Å². The summed E-state index contributed by atoms with van der Waals surface area (Å²) < 4.78 is 40.1. The van der Waals surface area contributed by atoms with Crippen molar-refractivity contribution in [3.63, 3.8) is 0 Å². The first-order valence-corrected chi connectivity index (χ1v) is 11.2. The van der Waals surface area contributed by atoms with Crippen LogP contribution in [0.1, 0.15) is 52.9 Å². The highest BCUT2D eigenvalue weighted by Crippen LogP contribution is 2.40. The molecule has 0 aromatic carbocycles. The van der Waals surface area contributed by atoms with Gasteiger partial charge in [-0.1, -0.05) is 0 Å². The number of ether oxygens (including phenoxy) is 1. The first kappa shape index (κ1) is 20.4. The normalized spacial score (nSPS) is 31.5. The summed E-state index contributed by atoms with van der Waals surface area (Å²) in [5.74, 6) is -0.889. The van der Waals surface area contributed by atoms with Crippen molar-refractivity contribution in [3.05, 3.63) is 0 Å². The second-order valence-electron chi connectivity index (χ2n) is 9.18. The minimum atomic E-state index is -4.56. The van der Waals surface area contributed by atoms with Crippen molar-refractivity contribution in [1.29, 1.82) is 0 Å². The number of rotatable bonds is 4. The van der Waals surface area contributed by atoms with Gasteiger partial charge in [0.1, 0.15) is 5.60 Å². The van der Waals surface area contributed by atoms with Gasteiger partial charge < -0.3 is 14.5 Å². The van der Waals surface area contributed by atoms with Crippen LogP contribution in [0.5, 0.6) is 0 Å². The highest BCUT2D eigenvalue weighted by Gasteiger charge is 2.45. The molecule has 3 saturated heterocycles. The minimum absolute atomic E-state index is 0.0900. The molecule has 3 heterocycles. The summed E-state index contributed by atoms with van der Waals surface area (Å²) in [6, 6.07) is 0.256. The number of likely N-dealkylation sites (tertiary alicyclic amines) is 1. The molecule has 0 saturated carbocycles. The fourth-order valence-electron chi connectivity index (χ4n) is 4.79. The minimum Gasteiger partial charge on any atom is -0.444 e. The zero-order valence-corrected chi connectivity index (χ0v) is 17.0. The molecule has 0 aliphatic carbocycles. The smallest absolute Gasteiger partial charge is 0.410 e. The van der Waals surface area contributed by atoms with E-state index in [0.717, 1.165) is 25.7 Å². The maximum Gasteiger partial charge on any atom is 0.410 e. The number of carbonyl (C=O) groups excluding carboxylic acids is 2. The standard InChI is InChI=1S/C18H29FN2O5S/c1-18(2,3)26-17(23)21-14-4-5-15(21)7-12(6-14)9-20-10-13(8-16(20)22)11-27(19,24)25/h12-15H,4-11H2,1-3H3/t12?,13?,14-,15+. The number of halogens is 1. The fraction of sp³-hybridized carbons (Fsp3) is 0.889. The maximum atomic E-state index is 12.9. The van der Waals surface area contributed by atoms with Crippen LogP contribution in [0.3, 0.4) is 0 Å². The van der Waals surface area contributed by atoms with Crippen molar-refractivity contribution in [2.45, 2.75) is 70.6 Å². The van der Waals surface area contributed by atoms with E-state index in [4.69, 9.17) is 4.74 Å². The molecule has 0 aromatic heterocycles. The Bertz CT molecular complexity index is 691. The molecule has 0 spiro atoms. The number of nitrogens with zero attached hydrogens (tertiary/aromatic N) is 2. The predicted octanol–water partition coefficient (Wildman–Crippen LogP) is 2.31. The Kier molecular flexibility index (Phi) is 5.44. The van der Waals surface area contributed by atoms with Crippen molar-refractivity contribution >= 4 is 22.2 Å². The van der Waals surface area contributed by atoms with E-state index in [1.54, 1.807) is 4.90 Å². The first-order valence-electron chi connectivity index (χ1n) is 9.62. The lowest BCUT2D eigenvalue weighted by atomic mass is 9.90. The van der Waals surface area contributed by atoms with Crippen LogP contribution in [0.2, 0.25) is 0 Å². The van der Waals surface area contributed by atoms with Gasteiger partial charge in [-0.15, -0.1) is 3.89 Å². The Morgan fingerprint density at radius 3 is 2.30 bits per heavy atom. The average molecular weight is 405 g/mol. The van der Waals surface area contributed by atoms with Gasteiger partial charge in [0.05, 0.1) is 5.75 Å². The third-order valence-electron chi connectivity index (χ3n) is 5.64. The molecule has 0 aromatic rings. The van der Waals surface area contributed by atoms with E-state index < -0.39 is 27.5 Å². The SMILES string of the molecule is CC(C)(C)OC(=O)N1[C@@H]2CC[C@H]1CC(CN1CC(CS(=O)(=O)F)CC1=O)C2. The molecule has 154 valence electrons. The summed E-state index contributed by atoms with van der Waals surface area (Å²) >= 11 is 0. The summed E-state index contributed by atoms with van der Waals surface area (Å²) in [6.07, 6.45) is 3.33. The van der Waals surface area contributed by atoms with Crippen LogP contribution in [0.4, 0.5) is 8.68 Å². The summed E-state index contributed by atoms with van der Waals surface area (Å²) in [5.41, 5.74) is -0.527. The molecule has 0 N–H and O–H groups in total. The van der Waals surface area contributed by atoms with Crippen molar-refractivity contribution in [2.75, 3.05) is 18.8 Å². The van der Waals surface area contributed by atoms with Gasteiger partial charge in [0.15, 0.2) is 0 Å². The Morgan fingerprint density at radius 2 is 1.78 bits per heavy atom. The quantitative estimate of drug-likeness (QED) is 0.672. The second kappa shape index (κ2) is 7.22. The monoisotopic (exact) mass is 404 g/mol. The number of amides is 2. The Balaban J connectivity index is 1.56. The van der Waals surface area contributed by atoms with E-state index >= 15 is 0 Å². The largest absolute Gasteiger partial charge is 0.444 e. The molecule has 3 aliphatic rings. The van der Waals surface area contributed by atoms with Crippen molar-refractivity contribution in [2.24, 2.45) is 11.8 Å². The maximum absolute atomic E-state index is 12.9. The number of carbonyl (C=O) groups is 2. The summed E-state index contributed by atoms with van der Waals surface area (Å²) in [7, 11) is -4.56. The molecule has 2 amide bonds. The predicted molar refractivity (Wildman–Crippen MR) is 97.2 cm³/mol. The van der Waals surface area contributed by atoms with Crippen LogP contribution in [-0.4, -0.2) is 66.7 Å². The third kappa shape index (κ3) is 5.12. The summed E-state index contributed by atoms with van der Waals surface area (Å²) in [4.78, 5) is 28.2. The van der Waals surface area contributed by atoms with Crippen LogP contribution in [0, 0.1) is 11.8 Å². The molecule has 9 heteroatoms. The zero-order chi connectivity index (χ0) is 20.0. The molecular weight excluding hydrogens is 375 g/mol. The Hall–Kier alpha value is -1.38. The van der Waals surface area contributed by atoms with Gasteiger partial charge in [0.2, 0.25) is 5.91 Å². The molecule has 0 radical (unpaired) electrons. The summed E-state index contributed by atoms with van der Waals surface area (Å²) in [6.45, 7) is 6.41. The zero-order valence-electron chi connectivity index (χ0n) is 16.2. The molecular formula is C18H29FN2O5S. The van der Waals surface area contributed by atoms with Crippen LogP contribution < -0.4 is 0 Å². The average Bonchev–Trinajstić information content (AvgIpc) is 2.93. The van der Waals surface area contributed by atoms with E-state index in [-0.39, 0.29) is 36.4 Å². The number of piperidine rings is 1. The highest BCUT2D eigenvalue weighted by atomic mass is 32.3. The van der Waals surface area contributed by atoms with E-state index in [9.17, 15) is 21.9 Å². The van der Waals surface area contributed by atoms with Gasteiger partial charge in [-0.2, -0.15) is 8.42 Å². The van der Waals surface area contributed by atoms with E-state index in [2.05, 4.69) is 0 Å². The number of fused-ring (bicyclic) bond motifs is 2. The lowest BCUT2D eigenvalue weighted by Crippen LogP contribution is -2.50. The van der Waals surface area contributed by atoms with Crippen molar-refractivity contribution < 1.29 is 26.6 Å². The van der Waals surface area contributed by atoms with Crippen LogP contribution in [-0.2, 0) is 19.8 Å². The lowest BCUT2D eigenvalue weighted by Gasteiger charge is -2.40. The molecule has 27 heavy (non-hydrogen) atoms. The number of hydrogen-bond acceptors (Lipinski definition) is 5. The second-order valence-corrected chi connectivity index (χ2v) is 10.6. The molecule has 4 atom stereocenters. The van der Waals surface area contributed by atoms with E-state index in [1.165, 1.54) is 0 Å². The molecule has 3 aliphatic heterocycles. The van der Waals surface area contributed by atoms with Gasteiger partial charge >= 0.3 is 16.3 Å². The lowest BCUT2D eigenvalue weighted by molar-refractivity contribution is -0.128. The molecule has 3 fully saturated rings. The third-order valence-corrected chi connectivity index (χ3v) is 6.51. The van der Waals surface area contributed by atoms with Crippen molar-refractivity contribution in [1.82, 2.24) is 9.80 Å². The summed E-state index contributed by atoms with van der Waals surface area (Å²) in [5, 5.41) is 0. The Labute approximate surface area is 160 Å².